The molecule has 2 fully saturated rings. The summed E-state index contributed by atoms with van der Waals surface area (Å²) < 4.78 is 16.9. The molecular weight excluding hydrogens is 348 g/mol. The lowest BCUT2D eigenvalue weighted by molar-refractivity contribution is -0.140. The lowest BCUT2D eigenvalue weighted by Gasteiger charge is -2.43. The largest absolute Gasteiger partial charge is 0.497 e. The molecule has 0 bridgehead atoms. The van der Waals surface area contributed by atoms with Crippen molar-refractivity contribution in [3.8, 4) is 16.3 Å². The Morgan fingerprint density at radius 2 is 2.19 bits per heavy atom. The lowest BCUT2D eigenvalue weighted by Crippen LogP contribution is -2.49. The number of nitrogens with zero attached hydrogens (tertiary/aromatic N) is 1. The molecule has 1 aromatic heterocycles. The van der Waals surface area contributed by atoms with Crippen LogP contribution in [0.4, 0.5) is 0 Å². The average molecular weight is 375 g/mol. The van der Waals surface area contributed by atoms with Gasteiger partial charge in [0.15, 0.2) is 0 Å². The fourth-order valence-electron chi connectivity index (χ4n) is 3.82. The molecule has 0 radical (unpaired) electrons. The van der Waals surface area contributed by atoms with E-state index in [1.54, 1.807) is 18.4 Å². The van der Waals surface area contributed by atoms with E-state index in [0.29, 0.717) is 6.04 Å². The highest BCUT2D eigenvalue weighted by Gasteiger charge is 2.38. The van der Waals surface area contributed by atoms with Crippen LogP contribution >= 0.6 is 11.3 Å². The van der Waals surface area contributed by atoms with Gasteiger partial charge in [-0.05, 0) is 37.8 Å². The van der Waals surface area contributed by atoms with Gasteiger partial charge in [0.05, 0.1) is 12.7 Å². The van der Waals surface area contributed by atoms with E-state index in [9.17, 15) is 0 Å². The van der Waals surface area contributed by atoms with Crippen LogP contribution in [0, 0.1) is 0 Å². The Morgan fingerprint density at radius 1 is 1.31 bits per heavy atom. The monoisotopic (exact) mass is 374 g/mol. The minimum absolute atomic E-state index is 0.0353. The van der Waals surface area contributed by atoms with Gasteiger partial charge in [-0.1, -0.05) is 12.1 Å². The Bertz CT molecular complexity index is 722. The first-order valence-electron chi connectivity index (χ1n) is 9.31. The smallest absolute Gasteiger partial charge is 0.123 e. The molecule has 2 saturated heterocycles. The second-order valence-electron chi connectivity index (χ2n) is 7.08. The Morgan fingerprint density at radius 3 is 3.04 bits per heavy atom. The first-order valence-corrected chi connectivity index (χ1v) is 10.1. The molecule has 1 atom stereocenters. The van der Waals surface area contributed by atoms with Gasteiger partial charge in [0.25, 0.3) is 0 Å². The molecule has 0 aliphatic carbocycles. The van der Waals surface area contributed by atoms with Crippen LogP contribution in [0.1, 0.15) is 30.6 Å². The van der Waals surface area contributed by atoms with E-state index >= 15 is 0 Å². The molecule has 1 N–H and O–H groups in total. The molecule has 26 heavy (non-hydrogen) atoms. The highest BCUT2D eigenvalue weighted by molar-refractivity contribution is 7.15. The van der Waals surface area contributed by atoms with Crippen molar-refractivity contribution in [3.05, 3.63) is 35.3 Å². The highest BCUT2D eigenvalue weighted by Crippen LogP contribution is 2.34. The first kappa shape index (κ1) is 17.9. The van der Waals surface area contributed by atoms with E-state index in [2.05, 4.69) is 16.4 Å². The van der Waals surface area contributed by atoms with Crippen LogP contribution in [0.15, 0.2) is 30.5 Å². The number of thiazole rings is 1. The third kappa shape index (κ3) is 4.09. The van der Waals surface area contributed by atoms with Crippen molar-refractivity contribution in [1.29, 1.82) is 0 Å². The molecular formula is C20H26N2O3S. The number of rotatable bonds is 5. The predicted octanol–water partition coefficient (Wildman–Crippen LogP) is 3.64. The summed E-state index contributed by atoms with van der Waals surface area (Å²) in [4.78, 5) is 5.85. The number of hydrogen-bond acceptors (Lipinski definition) is 6. The summed E-state index contributed by atoms with van der Waals surface area (Å²) in [5.74, 6) is 0.862. The lowest BCUT2D eigenvalue weighted by atomic mass is 9.84. The fourth-order valence-corrected chi connectivity index (χ4v) is 4.68. The highest BCUT2D eigenvalue weighted by atomic mass is 32.1. The average Bonchev–Trinajstić information content (AvgIpc) is 3.16. The molecule has 5 nitrogen and oxygen atoms in total. The molecule has 3 heterocycles. The molecule has 6 heteroatoms. The summed E-state index contributed by atoms with van der Waals surface area (Å²) in [5, 5.41) is 4.76. The predicted molar refractivity (Wildman–Crippen MR) is 103 cm³/mol. The molecule has 2 aliphatic rings. The molecule has 140 valence electrons. The molecule has 1 spiro atoms. The molecule has 2 aliphatic heterocycles. The maximum absolute atomic E-state index is 6.13. The fraction of sp³-hybridized carbons (Fsp3) is 0.550. The zero-order valence-electron chi connectivity index (χ0n) is 15.2. The maximum Gasteiger partial charge on any atom is 0.123 e. The summed E-state index contributed by atoms with van der Waals surface area (Å²) >= 11 is 1.74. The summed E-state index contributed by atoms with van der Waals surface area (Å²) in [6.45, 7) is 3.35. The molecule has 2 aromatic rings. The number of hydrogen-bond donors (Lipinski definition) is 1. The number of nitrogens with one attached hydrogen (secondary N) is 1. The van der Waals surface area contributed by atoms with Crippen molar-refractivity contribution in [2.45, 2.75) is 43.9 Å². The molecule has 4 rings (SSSR count). The quantitative estimate of drug-likeness (QED) is 0.866. The summed E-state index contributed by atoms with van der Waals surface area (Å²) in [5.41, 5.74) is 1.14. The number of methoxy groups -OCH3 is 1. The van der Waals surface area contributed by atoms with Crippen molar-refractivity contribution in [1.82, 2.24) is 10.3 Å². The van der Waals surface area contributed by atoms with Gasteiger partial charge in [0, 0.05) is 49.0 Å². The third-order valence-electron chi connectivity index (χ3n) is 5.33. The Labute approximate surface area is 158 Å². The van der Waals surface area contributed by atoms with E-state index < -0.39 is 0 Å². The van der Waals surface area contributed by atoms with Crippen molar-refractivity contribution < 1.29 is 14.2 Å². The van der Waals surface area contributed by atoms with Crippen molar-refractivity contribution in [2.24, 2.45) is 0 Å². The van der Waals surface area contributed by atoms with Crippen LogP contribution in [0.3, 0.4) is 0 Å². The zero-order chi connectivity index (χ0) is 17.8. The van der Waals surface area contributed by atoms with E-state index in [4.69, 9.17) is 14.2 Å². The first-order chi connectivity index (χ1) is 12.8. The Kier molecular flexibility index (Phi) is 5.55. The Hall–Kier alpha value is -1.47. The second kappa shape index (κ2) is 8.05. The van der Waals surface area contributed by atoms with Crippen LogP contribution in [-0.4, -0.2) is 43.6 Å². The van der Waals surface area contributed by atoms with Crippen molar-refractivity contribution in [2.75, 3.05) is 26.9 Å². The second-order valence-corrected chi connectivity index (χ2v) is 8.19. The normalized spacial score (nSPS) is 22.4. The van der Waals surface area contributed by atoms with Crippen molar-refractivity contribution in [3.63, 3.8) is 0 Å². The maximum atomic E-state index is 6.13. The summed E-state index contributed by atoms with van der Waals surface area (Å²) in [6.07, 6.45) is 6.18. The van der Waals surface area contributed by atoms with Gasteiger partial charge in [0.1, 0.15) is 10.8 Å². The summed E-state index contributed by atoms with van der Waals surface area (Å²) in [6, 6.07) is 8.57. The SMILES string of the molecule is COc1cccc(-c2ncc(CNC3CCOC4(CCOCC4)C3)s2)c1. The summed E-state index contributed by atoms with van der Waals surface area (Å²) in [7, 11) is 1.69. The Balaban J connectivity index is 1.35. The zero-order valence-corrected chi connectivity index (χ0v) is 16.0. The number of aromatic nitrogens is 1. The van der Waals surface area contributed by atoms with Gasteiger partial charge in [-0.25, -0.2) is 4.98 Å². The van der Waals surface area contributed by atoms with E-state index in [-0.39, 0.29) is 5.60 Å². The van der Waals surface area contributed by atoms with Crippen LogP contribution in [0.2, 0.25) is 0 Å². The minimum atomic E-state index is 0.0353. The van der Waals surface area contributed by atoms with E-state index in [1.165, 1.54) is 4.88 Å². The van der Waals surface area contributed by atoms with Gasteiger partial charge in [-0.3, -0.25) is 0 Å². The molecule has 1 aromatic carbocycles. The topological polar surface area (TPSA) is 52.6 Å². The third-order valence-corrected chi connectivity index (χ3v) is 6.38. The van der Waals surface area contributed by atoms with Crippen molar-refractivity contribution >= 4 is 11.3 Å². The van der Waals surface area contributed by atoms with Crippen LogP contribution in [-0.2, 0) is 16.0 Å². The molecule has 1 unspecified atom stereocenters. The van der Waals surface area contributed by atoms with Crippen LogP contribution in [0.5, 0.6) is 5.75 Å². The van der Waals surface area contributed by atoms with Gasteiger partial charge in [0.2, 0.25) is 0 Å². The van der Waals surface area contributed by atoms with Gasteiger partial charge < -0.3 is 19.5 Å². The van der Waals surface area contributed by atoms with Gasteiger partial charge in [-0.2, -0.15) is 0 Å². The van der Waals surface area contributed by atoms with E-state index in [0.717, 1.165) is 68.4 Å². The van der Waals surface area contributed by atoms with Gasteiger partial charge >= 0.3 is 0 Å². The number of benzene rings is 1. The molecule has 0 saturated carbocycles. The number of ether oxygens (including phenoxy) is 3. The van der Waals surface area contributed by atoms with Crippen LogP contribution in [0.25, 0.3) is 10.6 Å². The van der Waals surface area contributed by atoms with E-state index in [1.807, 2.05) is 24.4 Å². The van der Waals surface area contributed by atoms with Gasteiger partial charge in [-0.15, -0.1) is 11.3 Å². The standard InChI is InChI=1S/C20H26N2O3S/c1-23-17-4-2-3-15(11-17)19-22-14-18(26-19)13-21-16-5-8-25-20(12-16)6-9-24-10-7-20/h2-4,11,14,16,21H,5-10,12-13H2,1H3. The minimum Gasteiger partial charge on any atom is -0.497 e. The molecule has 0 amide bonds. The van der Waals surface area contributed by atoms with Crippen LogP contribution < -0.4 is 10.1 Å².